The molecule has 0 unspecified atom stereocenters. The Bertz CT molecular complexity index is 621. The molecule has 0 saturated heterocycles. The lowest BCUT2D eigenvalue weighted by atomic mass is 10.2. The zero-order chi connectivity index (χ0) is 15.7. The Morgan fingerprint density at radius 3 is 2.81 bits per heavy atom. The predicted octanol–water partition coefficient (Wildman–Crippen LogP) is 2.11. The fraction of sp³-hybridized carbons (Fsp3) is 0.429. The Hall–Kier alpha value is -0.710. The van der Waals surface area contributed by atoms with Crippen LogP contribution in [-0.2, 0) is 10.0 Å². The molecule has 4 nitrogen and oxygen atoms in total. The van der Waals surface area contributed by atoms with Crippen molar-refractivity contribution in [3.63, 3.8) is 0 Å². The van der Waals surface area contributed by atoms with Crippen LogP contribution in [0.5, 0.6) is 0 Å². The first-order chi connectivity index (χ1) is 10.0. The van der Waals surface area contributed by atoms with E-state index in [1.165, 1.54) is 12.1 Å². The monoisotopic (exact) mass is 347 g/mol. The summed E-state index contributed by atoms with van der Waals surface area (Å²) in [7, 11) is -3.59. The lowest BCUT2D eigenvalue weighted by Gasteiger charge is -2.08. The average Bonchev–Trinajstić information content (AvgIpc) is 2.44. The van der Waals surface area contributed by atoms with Crippen LogP contribution in [0.4, 0.5) is 0 Å². The van der Waals surface area contributed by atoms with Gasteiger partial charge in [0, 0.05) is 18.5 Å². The zero-order valence-electron chi connectivity index (χ0n) is 11.7. The van der Waals surface area contributed by atoms with Gasteiger partial charge in [-0.1, -0.05) is 23.4 Å². The average molecular weight is 348 g/mol. The molecule has 1 aromatic rings. The molecule has 116 valence electrons. The Labute approximate surface area is 135 Å². The van der Waals surface area contributed by atoms with Crippen LogP contribution in [0, 0.1) is 11.8 Å². The minimum Gasteiger partial charge on any atom is -0.395 e. The molecule has 0 aliphatic heterocycles. The van der Waals surface area contributed by atoms with E-state index in [1.54, 1.807) is 17.8 Å². The summed E-state index contributed by atoms with van der Waals surface area (Å²) in [5.41, 5.74) is 0.620. The van der Waals surface area contributed by atoms with Gasteiger partial charge in [-0.25, -0.2) is 13.1 Å². The molecule has 21 heavy (non-hydrogen) atoms. The number of sulfonamides is 1. The molecule has 1 rings (SSSR count). The largest absolute Gasteiger partial charge is 0.395 e. The predicted molar refractivity (Wildman–Crippen MR) is 88.2 cm³/mol. The van der Waals surface area contributed by atoms with Crippen molar-refractivity contribution >= 4 is 33.4 Å². The number of aliphatic hydroxyl groups excluding tert-OH is 1. The van der Waals surface area contributed by atoms with E-state index in [-0.39, 0.29) is 16.5 Å². The number of nitrogens with one attached hydrogen (secondary N) is 1. The Kier molecular flexibility index (Phi) is 8.15. The molecular formula is C14H18ClNO3S2. The van der Waals surface area contributed by atoms with Gasteiger partial charge in [-0.3, -0.25) is 0 Å². The van der Waals surface area contributed by atoms with Gasteiger partial charge in [0.15, 0.2) is 0 Å². The molecule has 0 spiro atoms. The Morgan fingerprint density at radius 2 is 2.19 bits per heavy atom. The highest BCUT2D eigenvalue weighted by molar-refractivity contribution is 7.98. The molecule has 0 aromatic heterocycles. The number of hydrogen-bond acceptors (Lipinski definition) is 4. The van der Waals surface area contributed by atoms with E-state index in [0.717, 1.165) is 12.2 Å². The van der Waals surface area contributed by atoms with Gasteiger partial charge in [-0.2, -0.15) is 11.8 Å². The third kappa shape index (κ3) is 6.29. The molecule has 2 N–H and O–H groups in total. The maximum Gasteiger partial charge on any atom is 0.242 e. The smallest absolute Gasteiger partial charge is 0.242 e. The van der Waals surface area contributed by atoms with Crippen molar-refractivity contribution in [3.05, 3.63) is 28.8 Å². The summed E-state index contributed by atoms with van der Waals surface area (Å²) in [5, 5.41) is 8.79. The van der Waals surface area contributed by atoms with Crippen molar-refractivity contribution in [2.45, 2.75) is 17.7 Å². The minimum absolute atomic E-state index is 0.00679. The van der Waals surface area contributed by atoms with Crippen LogP contribution >= 0.6 is 23.4 Å². The number of halogens is 1. The van der Waals surface area contributed by atoms with E-state index in [0.29, 0.717) is 18.5 Å². The fourth-order valence-corrected chi connectivity index (χ4v) is 3.57. The molecule has 0 heterocycles. The van der Waals surface area contributed by atoms with Crippen molar-refractivity contribution < 1.29 is 13.5 Å². The molecule has 0 radical (unpaired) electrons. The van der Waals surface area contributed by atoms with Crippen LogP contribution in [0.3, 0.4) is 0 Å². The van der Waals surface area contributed by atoms with Gasteiger partial charge < -0.3 is 5.11 Å². The van der Waals surface area contributed by atoms with Crippen LogP contribution in [0.25, 0.3) is 0 Å². The summed E-state index contributed by atoms with van der Waals surface area (Å²) in [5.74, 6) is 6.47. The fourth-order valence-electron chi connectivity index (χ4n) is 1.52. The maximum atomic E-state index is 12.1. The van der Waals surface area contributed by atoms with E-state index >= 15 is 0 Å². The lowest BCUT2D eigenvalue weighted by Crippen LogP contribution is -2.25. The summed E-state index contributed by atoms with van der Waals surface area (Å²) >= 11 is 7.69. The van der Waals surface area contributed by atoms with E-state index in [2.05, 4.69) is 16.6 Å². The summed E-state index contributed by atoms with van der Waals surface area (Å²) in [6.07, 6.45) is 3.11. The SMILES string of the molecule is CSCCCNS(=O)(=O)c1ccc(C#CCCO)cc1Cl. The van der Waals surface area contributed by atoms with Crippen molar-refractivity contribution in [1.82, 2.24) is 4.72 Å². The van der Waals surface area contributed by atoms with Gasteiger partial charge in [0.2, 0.25) is 10.0 Å². The van der Waals surface area contributed by atoms with Gasteiger partial charge in [0.25, 0.3) is 0 Å². The van der Waals surface area contributed by atoms with Crippen molar-refractivity contribution in [3.8, 4) is 11.8 Å². The van der Waals surface area contributed by atoms with Gasteiger partial charge in [0.1, 0.15) is 4.90 Å². The second kappa shape index (κ2) is 9.34. The number of hydrogen-bond donors (Lipinski definition) is 2. The quantitative estimate of drug-likeness (QED) is 0.585. The second-order valence-corrected chi connectivity index (χ2v) is 7.29. The molecule has 0 atom stereocenters. The maximum absolute atomic E-state index is 12.1. The highest BCUT2D eigenvalue weighted by Crippen LogP contribution is 2.22. The molecule has 7 heteroatoms. The Morgan fingerprint density at radius 1 is 1.43 bits per heavy atom. The molecule has 0 amide bonds. The molecule has 0 aliphatic rings. The molecule has 0 bridgehead atoms. The molecule has 0 aliphatic carbocycles. The highest BCUT2D eigenvalue weighted by atomic mass is 35.5. The number of benzene rings is 1. The highest BCUT2D eigenvalue weighted by Gasteiger charge is 2.17. The number of rotatable bonds is 7. The van der Waals surface area contributed by atoms with Gasteiger partial charge in [-0.05, 0) is 36.6 Å². The summed E-state index contributed by atoms with van der Waals surface area (Å²) in [6, 6.07) is 4.57. The van der Waals surface area contributed by atoms with Crippen LogP contribution < -0.4 is 4.72 Å². The van der Waals surface area contributed by atoms with Crippen LogP contribution in [0.2, 0.25) is 5.02 Å². The van der Waals surface area contributed by atoms with E-state index in [9.17, 15) is 8.42 Å². The Balaban J connectivity index is 2.82. The summed E-state index contributed by atoms with van der Waals surface area (Å²) in [6.45, 7) is 0.380. The van der Waals surface area contributed by atoms with Crippen LogP contribution in [0.15, 0.2) is 23.1 Å². The normalized spacial score (nSPS) is 11.0. The third-order valence-corrected chi connectivity index (χ3v) is 5.15. The van der Waals surface area contributed by atoms with Gasteiger partial charge in [-0.15, -0.1) is 0 Å². The first-order valence-electron chi connectivity index (χ1n) is 6.39. The van der Waals surface area contributed by atoms with Crippen molar-refractivity contribution in [2.24, 2.45) is 0 Å². The van der Waals surface area contributed by atoms with E-state index in [1.807, 2.05) is 6.26 Å². The van der Waals surface area contributed by atoms with E-state index in [4.69, 9.17) is 16.7 Å². The molecule has 1 aromatic carbocycles. The van der Waals surface area contributed by atoms with Crippen LogP contribution in [-0.4, -0.2) is 38.7 Å². The van der Waals surface area contributed by atoms with Crippen molar-refractivity contribution in [2.75, 3.05) is 25.2 Å². The lowest BCUT2D eigenvalue weighted by molar-refractivity contribution is 0.305. The summed E-state index contributed by atoms with van der Waals surface area (Å²) < 4.78 is 26.8. The molecular weight excluding hydrogens is 330 g/mol. The van der Waals surface area contributed by atoms with Gasteiger partial charge in [0.05, 0.1) is 11.6 Å². The first kappa shape index (κ1) is 18.3. The number of aliphatic hydroxyl groups is 1. The topological polar surface area (TPSA) is 66.4 Å². The first-order valence-corrected chi connectivity index (χ1v) is 9.64. The second-order valence-electron chi connectivity index (χ2n) is 4.16. The number of thioether (sulfide) groups is 1. The molecule has 0 fully saturated rings. The van der Waals surface area contributed by atoms with Crippen molar-refractivity contribution in [1.29, 1.82) is 0 Å². The zero-order valence-corrected chi connectivity index (χ0v) is 14.1. The van der Waals surface area contributed by atoms with Gasteiger partial charge >= 0.3 is 0 Å². The standard InChI is InChI=1S/C14H18ClNO3S2/c1-20-10-4-8-16-21(18,19)14-7-6-12(11-13(14)15)5-2-3-9-17/h6-7,11,16-17H,3-4,8-10H2,1H3. The third-order valence-electron chi connectivity index (χ3n) is 2.51. The molecule has 0 saturated carbocycles. The van der Waals surface area contributed by atoms with Crippen LogP contribution in [0.1, 0.15) is 18.4 Å². The summed E-state index contributed by atoms with van der Waals surface area (Å²) in [4.78, 5) is 0.0565. The van der Waals surface area contributed by atoms with E-state index < -0.39 is 10.0 Å². The minimum atomic E-state index is -3.59.